The number of ether oxygens (including phenoxy) is 3. The summed E-state index contributed by atoms with van der Waals surface area (Å²) in [5, 5.41) is 15.0. The first kappa shape index (κ1) is 21.3. The smallest absolute Gasteiger partial charge is 0.231 e. The minimum Gasteiger partial charge on any atom is -0.489 e. The predicted molar refractivity (Wildman–Crippen MR) is 133 cm³/mol. The Kier molecular flexibility index (Phi) is 5.52. The van der Waals surface area contributed by atoms with Crippen LogP contribution in [0.2, 0.25) is 0 Å². The van der Waals surface area contributed by atoms with Crippen LogP contribution in [0.3, 0.4) is 0 Å². The van der Waals surface area contributed by atoms with Gasteiger partial charge >= 0.3 is 0 Å². The number of likely N-dealkylation sites (tertiary alicyclic amines) is 1. The molecule has 6 rings (SSSR count). The fourth-order valence-electron chi connectivity index (χ4n) is 5.46. The lowest BCUT2D eigenvalue weighted by molar-refractivity contribution is -0.961. The maximum Gasteiger partial charge on any atom is 0.231 e. The number of benzene rings is 4. The van der Waals surface area contributed by atoms with E-state index in [1.165, 1.54) is 30.2 Å². The average Bonchev–Trinajstić information content (AvgIpc) is 3.35. The van der Waals surface area contributed by atoms with Crippen molar-refractivity contribution in [2.24, 2.45) is 0 Å². The van der Waals surface area contributed by atoms with Gasteiger partial charge in [-0.1, -0.05) is 36.4 Å². The molecule has 2 aliphatic heterocycles. The summed E-state index contributed by atoms with van der Waals surface area (Å²) in [7, 11) is 0. The summed E-state index contributed by atoms with van der Waals surface area (Å²) in [5.74, 6) is 2.42. The molecule has 1 fully saturated rings. The minimum absolute atomic E-state index is 0.180. The van der Waals surface area contributed by atoms with E-state index in [1.54, 1.807) is 0 Å². The molecule has 0 aliphatic carbocycles. The van der Waals surface area contributed by atoms with E-state index in [-0.39, 0.29) is 13.5 Å². The Bertz CT molecular complexity index is 1330. The topological polar surface area (TPSA) is 47.9 Å². The summed E-state index contributed by atoms with van der Waals surface area (Å²) in [6, 6.07) is 23.0. The third-order valence-corrected chi connectivity index (χ3v) is 7.32. The van der Waals surface area contributed by atoms with Gasteiger partial charge in [0.1, 0.15) is 18.9 Å². The third kappa shape index (κ3) is 3.95. The van der Waals surface area contributed by atoms with E-state index >= 15 is 0 Å². The summed E-state index contributed by atoms with van der Waals surface area (Å²) in [5.41, 5.74) is 2.40. The summed E-state index contributed by atoms with van der Waals surface area (Å²) in [6.07, 6.45) is 3.59. The fourth-order valence-corrected chi connectivity index (χ4v) is 5.46. The van der Waals surface area contributed by atoms with Crippen LogP contribution in [0.5, 0.6) is 17.2 Å². The predicted octanol–water partition coefficient (Wildman–Crippen LogP) is 5.75. The number of aliphatic hydroxyl groups excluding tert-OH is 1. The molecule has 1 N–H and O–H groups in total. The Labute approximate surface area is 199 Å². The number of hydrogen-bond donors (Lipinski definition) is 1. The maximum absolute atomic E-state index is 10.4. The van der Waals surface area contributed by atoms with Gasteiger partial charge in [-0.2, -0.15) is 0 Å². The molecule has 34 heavy (non-hydrogen) atoms. The first-order valence-corrected chi connectivity index (χ1v) is 12.1. The van der Waals surface area contributed by atoms with Gasteiger partial charge < -0.3 is 19.3 Å². The summed E-state index contributed by atoms with van der Waals surface area (Å²) in [4.78, 5) is 0. The Balaban J connectivity index is 1.45. The summed E-state index contributed by atoms with van der Waals surface area (Å²) >= 11 is 0. The fraction of sp³-hybridized carbons (Fsp3) is 0.310. The molecule has 0 aromatic heterocycles. The maximum atomic E-state index is 10.4. The molecule has 0 amide bonds. The molecule has 2 aliphatic rings. The molecule has 5 nitrogen and oxygen atoms in total. The molecule has 0 bridgehead atoms. The van der Waals surface area contributed by atoms with Crippen LogP contribution in [-0.2, 0) is 13.2 Å². The lowest BCUT2D eigenvalue weighted by Gasteiger charge is -2.40. The van der Waals surface area contributed by atoms with Crippen LogP contribution in [0, 0.1) is 0 Å². The van der Waals surface area contributed by atoms with Gasteiger partial charge in [0.2, 0.25) is 6.79 Å². The molecule has 5 heteroatoms. The molecule has 174 valence electrons. The van der Waals surface area contributed by atoms with E-state index in [2.05, 4.69) is 48.5 Å². The number of quaternary nitrogens is 1. The third-order valence-electron chi connectivity index (χ3n) is 7.32. The van der Waals surface area contributed by atoms with E-state index in [0.717, 1.165) is 63.1 Å². The van der Waals surface area contributed by atoms with Crippen LogP contribution in [0.1, 0.15) is 30.4 Å². The zero-order valence-electron chi connectivity index (χ0n) is 19.3. The van der Waals surface area contributed by atoms with Crippen LogP contribution >= 0.6 is 0 Å². The number of fused-ring (bicyclic) bond motifs is 4. The van der Waals surface area contributed by atoms with Crippen molar-refractivity contribution in [3.05, 3.63) is 77.9 Å². The SMILES string of the molecule is OC[N+]1(Cc2cc3cc4c(cc3c3cc(OCc5ccccc5)ccc23)OCO4)CCCCC1. The van der Waals surface area contributed by atoms with E-state index in [4.69, 9.17) is 14.2 Å². The van der Waals surface area contributed by atoms with Crippen molar-refractivity contribution in [3.8, 4) is 17.2 Å². The highest BCUT2D eigenvalue weighted by atomic mass is 16.7. The van der Waals surface area contributed by atoms with Gasteiger partial charge in [-0.3, -0.25) is 4.48 Å². The number of aliphatic hydroxyl groups is 1. The first-order chi connectivity index (χ1) is 16.7. The molecule has 1 saturated heterocycles. The van der Waals surface area contributed by atoms with Gasteiger partial charge in [-0.25, -0.2) is 0 Å². The molecule has 0 atom stereocenters. The second-order valence-corrected chi connectivity index (χ2v) is 9.59. The van der Waals surface area contributed by atoms with Crippen molar-refractivity contribution in [3.63, 3.8) is 0 Å². The molecular formula is C29H30NO4+. The Morgan fingerprint density at radius 2 is 1.59 bits per heavy atom. The van der Waals surface area contributed by atoms with Crippen molar-refractivity contribution >= 4 is 21.5 Å². The van der Waals surface area contributed by atoms with Crippen LogP contribution in [0.4, 0.5) is 0 Å². The Morgan fingerprint density at radius 1 is 0.794 bits per heavy atom. The van der Waals surface area contributed by atoms with Crippen LogP contribution in [0.25, 0.3) is 21.5 Å². The molecular weight excluding hydrogens is 426 g/mol. The Hall–Kier alpha value is -3.28. The lowest BCUT2D eigenvalue weighted by atomic mass is 9.95. The van der Waals surface area contributed by atoms with E-state index in [1.807, 2.05) is 18.2 Å². The largest absolute Gasteiger partial charge is 0.489 e. The van der Waals surface area contributed by atoms with Gasteiger partial charge in [0.05, 0.1) is 13.1 Å². The molecule has 4 aromatic carbocycles. The second kappa shape index (κ2) is 8.82. The van der Waals surface area contributed by atoms with Gasteiger partial charge in [0.15, 0.2) is 18.2 Å². The van der Waals surface area contributed by atoms with Gasteiger partial charge in [-0.05, 0) is 76.7 Å². The van der Waals surface area contributed by atoms with Crippen molar-refractivity contribution in [1.29, 1.82) is 0 Å². The highest BCUT2D eigenvalue weighted by Crippen LogP contribution is 2.41. The molecule has 0 unspecified atom stereocenters. The zero-order chi connectivity index (χ0) is 23.0. The minimum atomic E-state index is 0.180. The standard InChI is InChI=1S/C29H30NO4/c31-19-30(11-5-2-6-12-30)17-23-13-22-14-28-29(34-20-33-28)16-26(22)27-15-24(9-10-25(23)27)32-18-21-7-3-1-4-8-21/h1,3-4,7-10,13-16,31H,2,5-6,11-12,17-20H2/q+1. The normalized spacial score (nSPS) is 16.7. The second-order valence-electron chi connectivity index (χ2n) is 9.59. The average molecular weight is 457 g/mol. The molecule has 0 radical (unpaired) electrons. The summed E-state index contributed by atoms with van der Waals surface area (Å²) in [6.45, 7) is 3.83. The van der Waals surface area contributed by atoms with Crippen molar-refractivity contribution in [2.45, 2.75) is 32.4 Å². The number of hydrogen-bond acceptors (Lipinski definition) is 4. The van der Waals surface area contributed by atoms with Gasteiger partial charge in [-0.15, -0.1) is 0 Å². The molecule has 0 saturated carbocycles. The van der Waals surface area contributed by atoms with Gasteiger partial charge in [0, 0.05) is 5.56 Å². The lowest BCUT2D eigenvalue weighted by Crippen LogP contribution is -2.51. The van der Waals surface area contributed by atoms with E-state index < -0.39 is 0 Å². The van der Waals surface area contributed by atoms with E-state index in [9.17, 15) is 5.11 Å². The van der Waals surface area contributed by atoms with Gasteiger partial charge in [0.25, 0.3) is 0 Å². The van der Waals surface area contributed by atoms with Crippen LogP contribution in [-0.4, -0.2) is 36.2 Å². The number of nitrogens with zero attached hydrogens (tertiary/aromatic N) is 1. The summed E-state index contributed by atoms with van der Waals surface area (Å²) < 4.78 is 18.3. The van der Waals surface area contributed by atoms with Crippen molar-refractivity contribution < 1.29 is 23.8 Å². The highest BCUT2D eigenvalue weighted by molar-refractivity contribution is 6.10. The quantitative estimate of drug-likeness (QED) is 0.296. The molecule has 2 heterocycles. The monoisotopic (exact) mass is 456 g/mol. The van der Waals surface area contributed by atoms with Crippen LogP contribution < -0.4 is 14.2 Å². The number of rotatable bonds is 6. The first-order valence-electron chi connectivity index (χ1n) is 12.1. The highest BCUT2D eigenvalue weighted by Gasteiger charge is 2.30. The number of piperidine rings is 1. The van der Waals surface area contributed by atoms with Crippen molar-refractivity contribution in [2.75, 3.05) is 26.6 Å². The molecule has 4 aromatic rings. The van der Waals surface area contributed by atoms with E-state index in [0.29, 0.717) is 6.61 Å². The zero-order valence-corrected chi connectivity index (χ0v) is 19.3. The molecule has 0 spiro atoms. The van der Waals surface area contributed by atoms with Crippen LogP contribution in [0.15, 0.2) is 66.7 Å². The van der Waals surface area contributed by atoms with Crippen molar-refractivity contribution in [1.82, 2.24) is 0 Å². The Morgan fingerprint density at radius 3 is 2.38 bits per heavy atom.